The number of halogens is 4. The third kappa shape index (κ3) is 8.13. The summed E-state index contributed by atoms with van der Waals surface area (Å²) in [7, 11) is 3.25. The number of guanidine groups is 1. The van der Waals surface area contributed by atoms with Crippen LogP contribution in [0, 0.1) is 0 Å². The molecule has 2 fully saturated rings. The van der Waals surface area contributed by atoms with Crippen molar-refractivity contribution >= 4 is 29.9 Å². The number of rotatable bonds is 6. The van der Waals surface area contributed by atoms with Crippen LogP contribution in [0.3, 0.4) is 0 Å². The monoisotopic (exact) mass is 493 g/mol. The van der Waals surface area contributed by atoms with Gasteiger partial charge in [-0.2, -0.15) is 13.2 Å². The Hall–Kier alpha value is -0.330. The summed E-state index contributed by atoms with van der Waals surface area (Å²) in [6, 6.07) is 0.528. The topological polar surface area (TPSA) is 43.3 Å². The Morgan fingerprint density at radius 3 is 2.58 bits per heavy atom. The Morgan fingerprint density at radius 2 is 1.96 bits per heavy atom. The van der Waals surface area contributed by atoms with Crippen molar-refractivity contribution in [1.29, 1.82) is 0 Å². The molecule has 0 radical (unpaired) electrons. The van der Waals surface area contributed by atoms with Crippen molar-refractivity contribution in [2.45, 2.75) is 25.1 Å². The zero-order valence-electron chi connectivity index (χ0n) is 15.6. The maximum atomic E-state index is 12.3. The van der Waals surface area contributed by atoms with Crippen LogP contribution in [-0.4, -0.2) is 106 Å². The van der Waals surface area contributed by atoms with Crippen molar-refractivity contribution in [3.8, 4) is 0 Å². The molecule has 10 heteroatoms. The minimum Gasteiger partial charge on any atom is -0.379 e. The lowest BCUT2D eigenvalue weighted by Gasteiger charge is -2.32. The zero-order valence-corrected chi connectivity index (χ0v) is 17.9. The predicted molar refractivity (Wildman–Crippen MR) is 107 cm³/mol. The molecule has 26 heavy (non-hydrogen) atoms. The third-order valence-corrected chi connectivity index (χ3v) is 4.69. The van der Waals surface area contributed by atoms with Gasteiger partial charge in [-0.3, -0.25) is 14.8 Å². The number of morpholine rings is 1. The molecule has 0 aliphatic carbocycles. The largest absolute Gasteiger partial charge is 0.401 e. The average Bonchev–Trinajstić information content (AvgIpc) is 3.04. The SMILES string of the molecule is CN=C(NCCCN(C)CC(F)(F)F)N1CCC(N2CCOCC2)C1.I. The Morgan fingerprint density at radius 1 is 1.27 bits per heavy atom. The molecular formula is C16H31F3IN5O. The molecule has 0 spiro atoms. The van der Waals surface area contributed by atoms with E-state index in [2.05, 4.69) is 20.1 Å². The van der Waals surface area contributed by atoms with Crippen molar-refractivity contribution in [2.75, 3.05) is 73.1 Å². The van der Waals surface area contributed by atoms with Gasteiger partial charge in [-0.05, 0) is 26.4 Å². The lowest BCUT2D eigenvalue weighted by molar-refractivity contribution is -0.143. The summed E-state index contributed by atoms with van der Waals surface area (Å²) < 4.78 is 42.3. The molecule has 2 aliphatic heterocycles. The van der Waals surface area contributed by atoms with Crippen LogP contribution in [0.2, 0.25) is 0 Å². The highest BCUT2D eigenvalue weighted by molar-refractivity contribution is 14.0. The Kier molecular flexibility index (Phi) is 10.5. The van der Waals surface area contributed by atoms with E-state index in [-0.39, 0.29) is 24.0 Å². The van der Waals surface area contributed by atoms with E-state index in [1.807, 2.05) is 0 Å². The molecule has 1 atom stereocenters. The van der Waals surface area contributed by atoms with Crippen LogP contribution in [0.4, 0.5) is 13.2 Å². The first-order chi connectivity index (χ1) is 11.9. The van der Waals surface area contributed by atoms with Crippen molar-refractivity contribution in [3.05, 3.63) is 0 Å². The van der Waals surface area contributed by atoms with Gasteiger partial charge in [0.15, 0.2) is 5.96 Å². The summed E-state index contributed by atoms with van der Waals surface area (Å²) in [6.07, 6.45) is -2.39. The lowest BCUT2D eigenvalue weighted by Crippen LogP contribution is -2.47. The van der Waals surface area contributed by atoms with Crippen LogP contribution in [0.15, 0.2) is 4.99 Å². The first-order valence-corrected chi connectivity index (χ1v) is 8.92. The molecule has 0 saturated carbocycles. The van der Waals surface area contributed by atoms with Crippen LogP contribution in [0.25, 0.3) is 0 Å². The van der Waals surface area contributed by atoms with Gasteiger partial charge in [0.05, 0.1) is 19.8 Å². The minimum atomic E-state index is -4.14. The first kappa shape index (κ1) is 23.7. The fraction of sp³-hybridized carbons (Fsp3) is 0.938. The van der Waals surface area contributed by atoms with Gasteiger partial charge in [0, 0.05) is 45.8 Å². The number of aliphatic imine (C=N–C) groups is 1. The molecule has 0 aromatic rings. The number of hydrogen-bond acceptors (Lipinski definition) is 4. The van der Waals surface area contributed by atoms with Gasteiger partial charge in [-0.1, -0.05) is 0 Å². The molecule has 2 rings (SSSR count). The van der Waals surface area contributed by atoms with Gasteiger partial charge in [0.25, 0.3) is 0 Å². The summed E-state index contributed by atoms with van der Waals surface area (Å²) in [5, 5.41) is 3.28. The molecule has 2 saturated heterocycles. The average molecular weight is 493 g/mol. The van der Waals surface area contributed by atoms with Crippen molar-refractivity contribution in [3.63, 3.8) is 0 Å². The number of hydrogen-bond donors (Lipinski definition) is 1. The predicted octanol–water partition coefficient (Wildman–Crippen LogP) is 1.47. The van der Waals surface area contributed by atoms with Gasteiger partial charge < -0.3 is 15.0 Å². The van der Waals surface area contributed by atoms with Crippen molar-refractivity contribution < 1.29 is 17.9 Å². The number of nitrogens with one attached hydrogen (secondary N) is 1. The number of nitrogens with zero attached hydrogens (tertiary/aromatic N) is 4. The number of alkyl halides is 3. The second-order valence-electron chi connectivity index (χ2n) is 6.72. The van der Waals surface area contributed by atoms with E-state index in [9.17, 15) is 13.2 Å². The standard InChI is InChI=1S/C16H30F3N5O.HI/c1-20-15(21-5-3-6-22(2)13-16(17,18)19)24-7-4-14(12-24)23-8-10-25-11-9-23;/h14H,3-13H2,1-2H3,(H,20,21);1H. The van der Waals surface area contributed by atoms with E-state index >= 15 is 0 Å². The normalized spacial score (nSPS) is 22.6. The molecule has 1 unspecified atom stereocenters. The molecule has 2 heterocycles. The molecule has 0 amide bonds. The number of ether oxygens (including phenoxy) is 1. The second kappa shape index (κ2) is 11.5. The Labute approximate surface area is 171 Å². The lowest BCUT2D eigenvalue weighted by atomic mass is 10.2. The second-order valence-corrected chi connectivity index (χ2v) is 6.72. The Bertz CT molecular complexity index is 433. The quantitative estimate of drug-likeness (QED) is 0.263. The summed E-state index contributed by atoms with van der Waals surface area (Å²) in [4.78, 5) is 10.3. The van der Waals surface area contributed by atoms with E-state index in [1.165, 1.54) is 11.9 Å². The van der Waals surface area contributed by atoms with E-state index in [1.54, 1.807) is 7.05 Å². The van der Waals surface area contributed by atoms with E-state index in [0.717, 1.165) is 51.8 Å². The van der Waals surface area contributed by atoms with Crippen LogP contribution >= 0.6 is 24.0 Å². The first-order valence-electron chi connectivity index (χ1n) is 8.92. The molecule has 154 valence electrons. The third-order valence-electron chi connectivity index (χ3n) is 4.69. The van der Waals surface area contributed by atoms with Gasteiger partial charge in [-0.25, -0.2) is 0 Å². The summed E-state index contributed by atoms with van der Waals surface area (Å²) in [5.41, 5.74) is 0. The minimum absolute atomic E-state index is 0. The maximum Gasteiger partial charge on any atom is 0.401 e. The van der Waals surface area contributed by atoms with Gasteiger partial charge >= 0.3 is 6.18 Å². The number of likely N-dealkylation sites (tertiary alicyclic amines) is 1. The van der Waals surface area contributed by atoms with Crippen LogP contribution in [0.5, 0.6) is 0 Å². The summed E-state index contributed by atoms with van der Waals surface area (Å²) >= 11 is 0. The Balaban J connectivity index is 0.00000338. The molecule has 0 aromatic heterocycles. The fourth-order valence-corrected chi connectivity index (χ4v) is 3.44. The highest BCUT2D eigenvalue weighted by atomic mass is 127. The molecular weight excluding hydrogens is 462 g/mol. The van der Waals surface area contributed by atoms with Gasteiger partial charge in [-0.15, -0.1) is 24.0 Å². The van der Waals surface area contributed by atoms with Gasteiger partial charge in [0.1, 0.15) is 0 Å². The van der Waals surface area contributed by atoms with E-state index < -0.39 is 12.7 Å². The highest BCUT2D eigenvalue weighted by Crippen LogP contribution is 2.17. The fourth-order valence-electron chi connectivity index (χ4n) is 3.44. The van der Waals surface area contributed by atoms with Crippen LogP contribution < -0.4 is 5.32 Å². The van der Waals surface area contributed by atoms with Gasteiger partial charge in [0.2, 0.25) is 0 Å². The smallest absolute Gasteiger partial charge is 0.379 e. The van der Waals surface area contributed by atoms with E-state index in [0.29, 0.717) is 25.6 Å². The molecule has 6 nitrogen and oxygen atoms in total. The van der Waals surface area contributed by atoms with Crippen molar-refractivity contribution in [2.24, 2.45) is 4.99 Å². The maximum absolute atomic E-state index is 12.3. The molecule has 0 aromatic carbocycles. The molecule has 2 aliphatic rings. The molecule has 1 N–H and O–H groups in total. The highest BCUT2D eigenvalue weighted by Gasteiger charge is 2.30. The van der Waals surface area contributed by atoms with Crippen LogP contribution in [-0.2, 0) is 4.74 Å². The zero-order chi connectivity index (χ0) is 18.3. The summed E-state index contributed by atoms with van der Waals surface area (Å²) in [5.74, 6) is 0.842. The van der Waals surface area contributed by atoms with Crippen LogP contribution in [0.1, 0.15) is 12.8 Å². The summed E-state index contributed by atoms with van der Waals surface area (Å²) in [6.45, 7) is 5.61. The molecule has 0 bridgehead atoms. The van der Waals surface area contributed by atoms with E-state index in [4.69, 9.17) is 4.74 Å². The van der Waals surface area contributed by atoms with Crippen molar-refractivity contribution in [1.82, 2.24) is 20.0 Å².